The highest BCUT2D eigenvalue weighted by molar-refractivity contribution is 5.78. The Labute approximate surface area is 105 Å². The van der Waals surface area contributed by atoms with E-state index in [-0.39, 0.29) is 5.92 Å². The predicted octanol–water partition coefficient (Wildman–Crippen LogP) is 2.58. The van der Waals surface area contributed by atoms with E-state index in [1.165, 1.54) is 0 Å². The van der Waals surface area contributed by atoms with Crippen LogP contribution in [0.3, 0.4) is 0 Å². The maximum Gasteiger partial charge on any atom is 0.225 e. The molecule has 0 spiro atoms. The minimum atomic E-state index is -0.568. The molecule has 0 aromatic carbocycles. The van der Waals surface area contributed by atoms with Gasteiger partial charge in [0.15, 0.2) is 0 Å². The Morgan fingerprint density at radius 3 is 2.41 bits per heavy atom. The van der Waals surface area contributed by atoms with Crippen molar-refractivity contribution < 1.29 is 9.90 Å². The summed E-state index contributed by atoms with van der Waals surface area (Å²) in [5.74, 6) is 0.495. The Balaban J connectivity index is 2.46. The summed E-state index contributed by atoms with van der Waals surface area (Å²) < 4.78 is 0. The highest BCUT2D eigenvalue weighted by Gasteiger charge is 2.31. The molecule has 1 heterocycles. The second kappa shape index (κ2) is 6.39. The zero-order chi connectivity index (χ0) is 12.9. The van der Waals surface area contributed by atoms with Crippen molar-refractivity contribution in [3.8, 4) is 0 Å². The van der Waals surface area contributed by atoms with Crippen LogP contribution in [0, 0.1) is 5.92 Å². The molecule has 0 radical (unpaired) electrons. The number of likely N-dealkylation sites (tertiary alicyclic amines) is 1. The van der Waals surface area contributed by atoms with Gasteiger partial charge in [-0.3, -0.25) is 4.79 Å². The topological polar surface area (TPSA) is 40.5 Å². The largest absolute Gasteiger partial charge is 0.390 e. The van der Waals surface area contributed by atoms with Crippen molar-refractivity contribution in [2.24, 2.45) is 5.92 Å². The van der Waals surface area contributed by atoms with E-state index in [9.17, 15) is 9.90 Å². The molecule has 1 unspecified atom stereocenters. The molecule has 1 aliphatic rings. The highest BCUT2D eigenvalue weighted by atomic mass is 16.3. The van der Waals surface area contributed by atoms with Crippen molar-refractivity contribution in [1.29, 1.82) is 0 Å². The number of amides is 1. The van der Waals surface area contributed by atoms with Crippen LogP contribution < -0.4 is 0 Å². The molecule has 3 nitrogen and oxygen atoms in total. The van der Waals surface area contributed by atoms with E-state index in [0.717, 1.165) is 25.7 Å². The lowest BCUT2D eigenvalue weighted by Crippen LogP contribution is -2.47. The third kappa shape index (κ3) is 4.30. The van der Waals surface area contributed by atoms with E-state index in [0.29, 0.717) is 31.8 Å². The number of hydrogen-bond acceptors (Lipinski definition) is 2. The first-order valence-electron chi connectivity index (χ1n) is 7.01. The van der Waals surface area contributed by atoms with E-state index in [4.69, 9.17) is 0 Å². The lowest BCUT2D eigenvalue weighted by Gasteiger charge is -2.37. The number of carbonyl (C=O) groups excluding carboxylic acids is 1. The minimum absolute atomic E-state index is 0.193. The summed E-state index contributed by atoms with van der Waals surface area (Å²) in [6, 6.07) is 0. The number of nitrogens with zero attached hydrogens (tertiary/aromatic N) is 1. The van der Waals surface area contributed by atoms with Crippen molar-refractivity contribution in [3.63, 3.8) is 0 Å². The van der Waals surface area contributed by atoms with Crippen LogP contribution in [0.1, 0.15) is 59.3 Å². The van der Waals surface area contributed by atoms with E-state index in [1.54, 1.807) is 0 Å². The third-order valence-electron chi connectivity index (χ3n) is 3.90. The van der Waals surface area contributed by atoms with Crippen molar-refractivity contribution in [3.05, 3.63) is 0 Å². The first kappa shape index (κ1) is 14.5. The van der Waals surface area contributed by atoms with Gasteiger partial charge in [-0.1, -0.05) is 26.7 Å². The molecule has 0 aromatic heterocycles. The zero-order valence-electron chi connectivity index (χ0n) is 11.5. The molecule has 1 rings (SSSR count). The van der Waals surface area contributed by atoms with Gasteiger partial charge in [-0.05, 0) is 32.6 Å². The maximum atomic E-state index is 12.3. The smallest absolute Gasteiger partial charge is 0.225 e. The summed E-state index contributed by atoms with van der Waals surface area (Å²) in [6.07, 6.45) is 5.66. The highest BCUT2D eigenvalue weighted by Crippen LogP contribution is 2.24. The molecule has 1 atom stereocenters. The second-order valence-corrected chi connectivity index (χ2v) is 5.57. The molecule has 0 aliphatic carbocycles. The van der Waals surface area contributed by atoms with Gasteiger partial charge in [-0.25, -0.2) is 0 Å². The molecule has 1 amide bonds. The Hall–Kier alpha value is -0.570. The molecule has 0 saturated carbocycles. The molecule has 17 heavy (non-hydrogen) atoms. The van der Waals surface area contributed by atoms with Crippen LogP contribution in [0.15, 0.2) is 0 Å². The summed E-state index contributed by atoms with van der Waals surface area (Å²) in [7, 11) is 0. The van der Waals surface area contributed by atoms with Crippen molar-refractivity contribution >= 4 is 5.91 Å². The molecule has 100 valence electrons. The quantitative estimate of drug-likeness (QED) is 0.803. The SMILES string of the molecule is CCCCC(CC)C(=O)N1CCC(C)(O)CC1. The lowest BCUT2D eigenvalue weighted by atomic mass is 9.91. The molecule has 1 saturated heterocycles. The molecular formula is C14H27NO2. The van der Waals surface area contributed by atoms with Gasteiger partial charge in [0, 0.05) is 19.0 Å². The maximum absolute atomic E-state index is 12.3. The monoisotopic (exact) mass is 241 g/mol. The van der Waals surface area contributed by atoms with Gasteiger partial charge in [-0.15, -0.1) is 0 Å². The van der Waals surface area contributed by atoms with Crippen molar-refractivity contribution in [2.75, 3.05) is 13.1 Å². The first-order chi connectivity index (χ1) is 8.00. The van der Waals surface area contributed by atoms with E-state index < -0.39 is 5.60 Å². The molecule has 1 N–H and O–H groups in total. The number of carbonyl (C=O) groups is 1. The average Bonchev–Trinajstić information content (AvgIpc) is 2.29. The fourth-order valence-corrected chi connectivity index (χ4v) is 2.42. The minimum Gasteiger partial charge on any atom is -0.390 e. The number of rotatable bonds is 5. The van der Waals surface area contributed by atoms with E-state index in [2.05, 4.69) is 13.8 Å². The Kier molecular flexibility index (Phi) is 5.44. The van der Waals surface area contributed by atoms with Crippen molar-refractivity contribution in [1.82, 2.24) is 4.90 Å². The molecule has 1 fully saturated rings. The van der Waals surface area contributed by atoms with Crippen LogP contribution in [0.2, 0.25) is 0 Å². The summed E-state index contributed by atoms with van der Waals surface area (Å²) in [4.78, 5) is 14.2. The summed E-state index contributed by atoms with van der Waals surface area (Å²) >= 11 is 0. The summed E-state index contributed by atoms with van der Waals surface area (Å²) in [6.45, 7) is 7.56. The lowest BCUT2D eigenvalue weighted by molar-refractivity contribution is -0.139. The van der Waals surface area contributed by atoms with Crippen molar-refractivity contribution in [2.45, 2.75) is 64.9 Å². The average molecular weight is 241 g/mol. The van der Waals surface area contributed by atoms with Gasteiger partial charge >= 0.3 is 0 Å². The molecular weight excluding hydrogens is 214 g/mol. The Morgan fingerprint density at radius 1 is 1.35 bits per heavy atom. The summed E-state index contributed by atoms with van der Waals surface area (Å²) in [5.41, 5.74) is -0.568. The normalized spacial score (nSPS) is 21.3. The molecule has 0 bridgehead atoms. The van der Waals surface area contributed by atoms with Crippen LogP contribution in [-0.4, -0.2) is 34.6 Å². The molecule has 0 aromatic rings. The Morgan fingerprint density at radius 2 is 1.94 bits per heavy atom. The number of aliphatic hydroxyl groups is 1. The van der Waals surface area contributed by atoms with Crippen LogP contribution >= 0.6 is 0 Å². The van der Waals surface area contributed by atoms with Gasteiger partial charge in [-0.2, -0.15) is 0 Å². The third-order valence-corrected chi connectivity index (χ3v) is 3.90. The predicted molar refractivity (Wildman–Crippen MR) is 69.7 cm³/mol. The van der Waals surface area contributed by atoms with Gasteiger partial charge in [0.25, 0.3) is 0 Å². The fraction of sp³-hybridized carbons (Fsp3) is 0.929. The molecule has 1 aliphatic heterocycles. The standard InChI is InChI=1S/C14H27NO2/c1-4-6-7-12(5-2)13(16)15-10-8-14(3,17)9-11-15/h12,17H,4-11H2,1-3H3. The number of hydrogen-bond donors (Lipinski definition) is 1. The molecule has 3 heteroatoms. The Bertz CT molecular complexity index is 241. The van der Waals surface area contributed by atoms with Gasteiger partial charge in [0.1, 0.15) is 0 Å². The van der Waals surface area contributed by atoms with Crippen LogP contribution in [0.5, 0.6) is 0 Å². The van der Waals surface area contributed by atoms with E-state index >= 15 is 0 Å². The van der Waals surface area contributed by atoms with Gasteiger partial charge < -0.3 is 10.0 Å². The fourth-order valence-electron chi connectivity index (χ4n) is 2.42. The van der Waals surface area contributed by atoms with Crippen LogP contribution in [-0.2, 0) is 4.79 Å². The first-order valence-corrected chi connectivity index (χ1v) is 7.01. The van der Waals surface area contributed by atoms with Gasteiger partial charge in [0.05, 0.1) is 5.60 Å². The zero-order valence-corrected chi connectivity index (χ0v) is 11.5. The van der Waals surface area contributed by atoms with Crippen LogP contribution in [0.25, 0.3) is 0 Å². The van der Waals surface area contributed by atoms with Crippen LogP contribution in [0.4, 0.5) is 0 Å². The summed E-state index contributed by atoms with van der Waals surface area (Å²) in [5, 5.41) is 9.87. The van der Waals surface area contributed by atoms with E-state index in [1.807, 2.05) is 11.8 Å². The number of unbranched alkanes of at least 4 members (excludes halogenated alkanes) is 1. The second-order valence-electron chi connectivity index (χ2n) is 5.57. The number of piperidine rings is 1. The van der Waals surface area contributed by atoms with Gasteiger partial charge in [0.2, 0.25) is 5.91 Å².